The fourth-order valence-corrected chi connectivity index (χ4v) is 3.63. The van der Waals surface area contributed by atoms with E-state index in [0.717, 1.165) is 66.1 Å². The van der Waals surface area contributed by atoms with Crippen LogP contribution in [0, 0.1) is 0 Å². The first kappa shape index (κ1) is 26.2. The molecule has 32 heavy (non-hydrogen) atoms. The Kier molecular flexibility index (Phi) is 10.0. The average Bonchev–Trinajstić information content (AvgIpc) is 3.32. The second-order valence-corrected chi connectivity index (χ2v) is 8.34. The first-order valence-electron chi connectivity index (χ1n) is 10.8. The first-order valence-corrected chi connectivity index (χ1v) is 10.8. The predicted molar refractivity (Wildman–Crippen MR) is 122 cm³/mol. The molecule has 0 aliphatic rings. The number of nitrogens with one attached hydrogen (secondary N) is 1. The Morgan fingerprint density at radius 2 is 1.94 bits per heavy atom. The molecule has 0 unspecified atom stereocenters. The van der Waals surface area contributed by atoms with E-state index in [9.17, 15) is 5.11 Å². The largest absolute Gasteiger partial charge is 1.00 e. The second-order valence-electron chi connectivity index (χ2n) is 8.34. The number of benzene rings is 2. The second kappa shape index (κ2) is 12.2. The Morgan fingerprint density at radius 3 is 2.62 bits per heavy atom. The number of tetrazole rings is 1. The van der Waals surface area contributed by atoms with Gasteiger partial charge in [-0.05, 0) is 48.6 Å². The van der Waals surface area contributed by atoms with Gasteiger partial charge in [0.2, 0.25) is 0 Å². The summed E-state index contributed by atoms with van der Waals surface area (Å²) in [6, 6.07) is 11.4. The van der Waals surface area contributed by atoms with Crippen LogP contribution in [-0.4, -0.2) is 39.4 Å². The summed E-state index contributed by atoms with van der Waals surface area (Å²) in [4.78, 5) is 0. The molecule has 168 valence electrons. The van der Waals surface area contributed by atoms with E-state index in [0.29, 0.717) is 6.61 Å². The van der Waals surface area contributed by atoms with Crippen molar-refractivity contribution in [2.45, 2.75) is 58.3 Å². The molecule has 0 bridgehead atoms. The molecule has 8 heteroatoms. The van der Waals surface area contributed by atoms with Crippen LogP contribution in [0.1, 0.15) is 59.3 Å². The van der Waals surface area contributed by atoms with E-state index in [-0.39, 0.29) is 42.1 Å². The Hall–Kier alpha value is -2.09. The number of H-pyrrole nitrogens is 1. The predicted octanol–water partition coefficient (Wildman–Crippen LogP) is 2.18. The zero-order valence-electron chi connectivity index (χ0n) is 20.8. The Labute approximate surface area is 213 Å². The van der Waals surface area contributed by atoms with Gasteiger partial charge >= 0.3 is 29.6 Å². The summed E-state index contributed by atoms with van der Waals surface area (Å²) in [7, 11) is 1.64. The van der Waals surface area contributed by atoms with Crippen LogP contribution in [0.15, 0.2) is 36.4 Å². The first-order chi connectivity index (χ1) is 14.9. The van der Waals surface area contributed by atoms with Crippen molar-refractivity contribution < 1.29 is 45.6 Å². The summed E-state index contributed by atoms with van der Waals surface area (Å²) in [5.74, 6) is 2.47. The van der Waals surface area contributed by atoms with E-state index in [1.807, 2.05) is 30.3 Å². The summed E-state index contributed by atoms with van der Waals surface area (Å²) >= 11 is 0. The summed E-state index contributed by atoms with van der Waals surface area (Å²) in [6.45, 7) is 6.98. The van der Waals surface area contributed by atoms with Crippen molar-refractivity contribution in [3.63, 3.8) is 0 Å². The van der Waals surface area contributed by atoms with E-state index in [1.54, 1.807) is 13.2 Å². The van der Waals surface area contributed by atoms with E-state index >= 15 is 0 Å². The van der Waals surface area contributed by atoms with Crippen LogP contribution in [0.3, 0.4) is 0 Å². The minimum atomic E-state index is -0.0923. The summed E-state index contributed by atoms with van der Waals surface area (Å²) < 4.78 is 11.3. The number of phenolic OH excluding ortho intramolecular Hbond substituents is 1. The van der Waals surface area contributed by atoms with Gasteiger partial charge in [-0.2, -0.15) is 5.21 Å². The number of methoxy groups -OCH3 is 1. The van der Waals surface area contributed by atoms with Crippen molar-refractivity contribution in [1.29, 1.82) is 0 Å². The Bertz CT molecular complexity index is 984. The number of ether oxygens (including phenoxy) is 2. The van der Waals surface area contributed by atoms with Gasteiger partial charge in [-0.15, -0.1) is 10.2 Å². The van der Waals surface area contributed by atoms with Gasteiger partial charge < -0.3 is 16.0 Å². The van der Waals surface area contributed by atoms with Crippen LogP contribution in [-0.2, 0) is 11.8 Å². The van der Waals surface area contributed by atoms with Gasteiger partial charge in [-0.1, -0.05) is 51.0 Å². The molecule has 1 aromatic heterocycles. The molecule has 3 rings (SSSR count). The van der Waals surface area contributed by atoms with Crippen molar-refractivity contribution in [1.82, 2.24) is 20.6 Å². The average molecular weight is 449 g/mol. The molecule has 0 fully saturated rings. The quantitative estimate of drug-likeness (QED) is 0.345. The van der Waals surface area contributed by atoms with Crippen molar-refractivity contribution in [2.75, 3.05) is 13.7 Å². The third-order valence-electron chi connectivity index (χ3n) is 5.59. The van der Waals surface area contributed by atoms with E-state index in [2.05, 4.69) is 41.4 Å². The number of aromatic nitrogens is 4. The molecular formula is C24H33N4NaO3. The normalized spacial score (nSPS) is 11.1. The van der Waals surface area contributed by atoms with Crippen molar-refractivity contribution >= 4 is 0 Å². The van der Waals surface area contributed by atoms with Crippen LogP contribution in [0.2, 0.25) is 0 Å². The van der Waals surface area contributed by atoms with E-state index in [4.69, 9.17) is 9.47 Å². The standard InChI is InChI=1S/C24H32N4O3.Na.H/c1-5-17-15-20(18-10-9-11-19(14-18)30-4)21(29)16-22(17)31-13-8-6-7-12-24(2,3)23-25-27-28-26-23;;/h9-11,14-16,29H,5-8,12-13H2,1-4H3,(H,25,26,27,28);;/q;+1;-1. The molecule has 0 aliphatic carbocycles. The molecule has 0 radical (unpaired) electrons. The molecule has 3 aromatic rings. The van der Waals surface area contributed by atoms with Crippen molar-refractivity contribution in [3.05, 3.63) is 47.8 Å². The molecule has 7 nitrogen and oxygen atoms in total. The number of aromatic hydroxyl groups is 1. The van der Waals surface area contributed by atoms with Crippen LogP contribution in [0.25, 0.3) is 11.1 Å². The molecule has 1 heterocycles. The number of phenols is 1. The van der Waals surface area contributed by atoms with Gasteiger partial charge in [-0.25, -0.2) is 0 Å². The number of nitrogens with zero attached hydrogens (tertiary/aromatic N) is 3. The topological polar surface area (TPSA) is 93.1 Å². The maximum absolute atomic E-state index is 10.6. The summed E-state index contributed by atoms with van der Waals surface area (Å²) in [6.07, 6.45) is 4.88. The van der Waals surface area contributed by atoms with Gasteiger partial charge in [-0.3, -0.25) is 0 Å². The van der Waals surface area contributed by atoms with E-state index in [1.165, 1.54) is 0 Å². The summed E-state index contributed by atoms with van der Waals surface area (Å²) in [5.41, 5.74) is 2.69. The minimum Gasteiger partial charge on any atom is -1.00 e. The fraction of sp³-hybridized carbons (Fsp3) is 0.458. The molecule has 0 amide bonds. The number of rotatable bonds is 11. The third-order valence-corrected chi connectivity index (χ3v) is 5.59. The smallest absolute Gasteiger partial charge is 1.00 e. The number of hydrogen-bond acceptors (Lipinski definition) is 6. The zero-order chi connectivity index (χ0) is 22.3. The van der Waals surface area contributed by atoms with Crippen LogP contribution in [0.4, 0.5) is 0 Å². The van der Waals surface area contributed by atoms with Crippen LogP contribution < -0.4 is 39.0 Å². The molecule has 0 aliphatic heterocycles. The van der Waals surface area contributed by atoms with Gasteiger partial charge in [0.25, 0.3) is 0 Å². The number of aryl methyl sites for hydroxylation is 1. The SMILES string of the molecule is CCc1cc(-c2cccc(OC)c2)c(O)cc1OCCCCCC(C)(C)c1nn[nH]n1.[H-].[Na+]. The number of aromatic amines is 1. The molecule has 0 saturated heterocycles. The molecule has 0 spiro atoms. The Morgan fingerprint density at radius 1 is 1.12 bits per heavy atom. The van der Waals surface area contributed by atoms with Gasteiger partial charge in [0.1, 0.15) is 17.2 Å². The number of unbranched alkanes of at least 4 members (excludes halogenated alkanes) is 2. The van der Waals surface area contributed by atoms with Crippen molar-refractivity contribution in [3.8, 4) is 28.4 Å². The Balaban J connectivity index is 0.00000272. The van der Waals surface area contributed by atoms with E-state index < -0.39 is 0 Å². The number of hydrogen-bond donors (Lipinski definition) is 2. The molecule has 2 N–H and O–H groups in total. The molecule has 0 saturated carbocycles. The molecule has 0 atom stereocenters. The van der Waals surface area contributed by atoms with Crippen molar-refractivity contribution in [2.24, 2.45) is 0 Å². The summed E-state index contributed by atoms with van der Waals surface area (Å²) in [5, 5.41) is 25.0. The maximum atomic E-state index is 10.6. The molecular weight excluding hydrogens is 415 g/mol. The zero-order valence-corrected chi connectivity index (χ0v) is 21.8. The molecule has 2 aromatic carbocycles. The van der Waals surface area contributed by atoms with Gasteiger partial charge in [0.15, 0.2) is 5.82 Å². The van der Waals surface area contributed by atoms with Gasteiger partial charge in [0.05, 0.1) is 13.7 Å². The maximum Gasteiger partial charge on any atom is 1.00 e. The monoisotopic (exact) mass is 448 g/mol. The van der Waals surface area contributed by atoms with Crippen LogP contribution in [0.5, 0.6) is 17.2 Å². The van der Waals surface area contributed by atoms with Gasteiger partial charge in [0, 0.05) is 17.0 Å². The minimum absolute atomic E-state index is 0. The third kappa shape index (κ3) is 6.70. The fourth-order valence-electron chi connectivity index (χ4n) is 3.63. The van der Waals surface area contributed by atoms with Crippen LogP contribution >= 0.6 is 0 Å².